The molecule has 0 aromatic carbocycles. The van der Waals surface area contributed by atoms with Crippen molar-refractivity contribution in [3.8, 4) is 0 Å². The van der Waals surface area contributed by atoms with Crippen LogP contribution in [-0.4, -0.2) is 40.5 Å². The van der Waals surface area contributed by atoms with Crippen LogP contribution in [0, 0.1) is 0 Å². The number of carbonyl (C=O) groups is 1. The van der Waals surface area contributed by atoms with Crippen molar-refractivity contribution < 1.29 is 4.79 Å². The zero-order chi connectivity index (χ0) is 10.7. The normalized spacial score (nSPS) is 12.6. The van der Waals surface area contributed by atoms with Gasteiger partial charge < -0.3 is 15.2 Å². The minimum absolute atomic E-state index is 0.0735. The van der Waals surface area contributed by atoms with Gasteiger partial charge in [0.05, 0.1) is 18.1 Å². The number of aryl methyl sites for hydroxylation is 1. The van der Waals surface area contributed by atoms with Gasteiger partial charge in [-0.25, -0.2) is 4.98 Å². The fraction of sp³-hybridized carbons (Fsp3) is 0.556. The van der Waals surface area contributed by atoms with Crippen molar-refractivity contribution >= 4 is 5.91 Å². The summed E-state index contributed by atoms with van der Waals surface area (Å²) in [6, 6.07) is -0.500. The Morgan fingerprint density at radius 2 is 2.36 bits per heavy atom. The van der Waals surface area contributed by atoms with Gasteiger partial charge >= 0.3 is 0 Å². The number of hydrogen-bond acceptors (Lipinski definition) is 3. The van der Waals surface area contributed by atoms with Gasteiger partial charge in [-0.2, -0.15) is 0 Å². The first-order valence-electron chi connectivity index (χ1n) is 4.44. The third-order valence-electron chi connectivity index (χ3n) is 1.95. The van der Waals surface area contributed by atoms with E-state index < -0.39 is 6.04 Å². The van der Waals surface area contributed by atoms with Gasteiger partial charge in [-0.05, 0) is 0 Å². The second kappa shape index (κ2) is 4.23. The molecule has 0 bridgehead atoms. The molecule has 1 rings (SSSR count). The van der Waals surface area contributed by atoms with Crippen LogP contribution in [0.3, 0.4) is 0 Å². The van der Waals surface area contributed by atoms with Crippen molar-refractivity contribution in [2.75, 3.05) is 14.1 Å². The molecule has 0 saturated heterocycles. The van der Waals surface area contributed by atoms with Crippen molar-refractivity contribution in [1.82, 2.24) is 14.5 Å². The average Bonchev–Trinajstić information content (AvgIpc) is 2.49. The van der Waals surface area contributed by atoms with Crippen LogP contribution in [0.1, 0.15) is 5.69 Å². The van der Waals surface area contributed by atoms with Gasteiger partial charge in [0.15, 0.2) is 0 Å². The lowest BCUT2D eigenvalue weighted by Crippen LogP contribution is -2.41. The van der Waals surface area contributed by atoms with E-state index in [1.165, 1.54) is 4.90 Å². The zero-order valence-corrected chi connectivity index (χ0v) is 8.77. The molecule has 78 valence electrons. The molecule has 0 aliphatic heterocycles. The topological polar surface area (TPSA) is 64.2 Å². The molecule has 2 N–H and O–H groups in total. The van der Waals surface area contributed by atoms with E-state index in [1.807, 2.05) is 17.8 Å². The van der Waals surface area contributed by atoms with Gasteiger partial charge in [-0.15, -0.1) is 0 Å². The quantitative estimate of drug-likeness (QED) is 0.700. The summed E-state index contributed by atoms with van der Waals surface area (Å²) in [6.07, 6.45) is 4.04. The maximum Gasteiger partial charge on any atom is 0.239 e. The van der Waals surface area contributed by atoms with E-state index in [9.17, 15) is 4.79 Å². The van der Waals surface area contributed by atoms with Crippen molar-refractivity contribution in [1.29, 1.82) is 0 Å². The number of likely N-dealkylation sites (N-methyl/N-ethyl adjacent to an activating group) is 1. The first-order chi connectivity index (χ1) is 6.50. The Bertz CT molecular complexity index is 318. The predicted molar refractivity (Wildman–Crippen MR) is 53.6 cm³/mol. The zero-order valence-electron chi connectivity index (χ0n) is 8.77. The lowest BCUT2D eigenvalue weighted by Gasteiger charge is -2.15. The molecule has 0 saturated carbocycles. The number of nitrogens with zero attached hydrogens (tertiary/aromatic N) is 3. The summed E-state index contributed by atoms with van der Waals surface area (Å²) in [7, 11) is 5.27. The monoisotopic (exact) mass is 196 g/mol. The molecule has 0 radical (unpaired) electrons. The molecule has 1 heterocycles. The first kappa shape index (κ1) is 10.7. The maximum atomic E-state index is 11.4. The highest BCUT2D eigenvalue weighted by atomic mass is 16.2. The fourth-order valence-corrected chi connectivity index (χ4v) is 1.22. The third-order valence-corrected chi connectivity index (χ3v) is 1.95. The molecule has 5 nitrogen and oxygen atoms in total. The largest absolute Gasteiger partial charge is 0.347 e. The Morgan fingerprint density at radius 3 is 2.79 bits per heavy atom. The van der Waals surface area contributed by atoms with E-state index >= 15 is 0 Å². The van der Waals surface area contributed by atoms with E-state index in [1.54, 1.807) is 20.4 Å². The van der Waals surface area contributed by atoms with Gasteiger partial charge in [0.1, 0.15) is 0 Å². The van der Waals surface area contributed by atoms with Crippen molar-refractivity contribution in [3.05, 3.63) is 18.2 Å². The summed E-state index contributed by atoms with van der Waals surface area (Å²) in [6.45, 7) is 0. The minimum Gasteiger partial charge on any atom is -0.347 e. The molecule has 1 aromatic heterocycles. The van der Waals surface area contributed by atoms with Crippen LogP contribution in [0.15, 0.2) is 12.5 Å². The lowest BCUT2D eigenvalue weighted by atomic mass is 10.1. The summed E-state index contributed by atoms with van der Waals surface area (Å²) in [5.74, 6) is -0.0735. The summed E-state index contributed by atoms with van der Waals surface area (Å²) in [5, 5.41) is 0. The molecule has 1 aromatic rings. The number of hydrogen-bond donors (Lipinski definition) is 1. The van der Waals surface area contributed by atoms with Gasteiger partial charge in [-0.1, -0.05) is 0 Å². The smallest absolute Gasteiger partial charge is 0.239 e. The van der Waals surface area contributed by atoms with E-state index in [0.717, 1.165) is 5.69 Å². The first-order valence-corrected chi connectivity index (χ1v) is 4.44. The van der Waals surface area contributed by atoms with Crippen LogP contribution < -0.4 is 5.73 Å². The van der Waals surface area contributed by atoms with Gasteiger partial charge in [-0.3, -0.25) is 4.79 Å². The number of carbonyl (C=O) groups excluding carboxylic acids is 1. The van der Waals surface area contributed by atoms with E-state index in [-0.39, 0.29) is 5.91 Å². The SMILES string of the molecule is CN(C)C(=O)C(N)Cc1cn(C)cn1. The van der Waals surface area contributed by atoms with Gasteiger partial charge in [0.25, 0.3) is 0 Å². The standard InChI is InChI=1S/C9H16N4O/c1-12(2)9(14)8(10)4-7-5-13(3)6-11-7/h5-6,8H,4,10H2,1-3H3. The summed E-state index contributed by atoms with van der Waals surface area (Å²) in [4.78, 5) is 17.0. The Labute approximate surface area is 83.5 Å². The lowest BCUT2D eigenvalue weighted by molar-refractivity contribution is -0.130. The summed E-state index contributed by atoms with van der Waals surface area (Å²) in [5.41, 5.74) is 6.56. The second-order valence-corrected chi connectivity index (χ2v) is 3.57. The number of aromatic nitrogens is 2. The highest BCUT2D eigenvalue weighted by Gasteiger charge is 2.16. The third kappa shape index (κ3) is 2.56. The highest BCUT2D eigenvalue weighted by Crippen LogP contribution is 1.99. The molecule has 0 spiro atoms. The average molecular weight is 196 g/mol. The summed E-state index contributed by atoms with van der Waals surface area (Å²) < 4.78 is 1.84. The molecule has 1 unspecified atom stereocenters. The van der Waals surface area contributed by atoms with Crippen molar-refractivity contribution in [2.24, 2.45) is 12.8 Å². The number of amides is 1. The fourth-order valence-electron chi connectivity index (χ4n) is 1.22. The second-order valence-electron chi connectivity index (χ2n) is 3.57. The Balaban J connectivity index is 2.57. The number of imidazole rings is 1. The Kier molecular flexibility index (Phi) is 3.24. The van der Waals surface area contributed by atoms with Crippen LogP contribution in [0.2, 0.25) is 0 Å². The highest BCUT2D eigenvalue weighted by molar-refractivity contribution is 5.81. The minimum atomic E-state index is -0.500. The number of rotatable bonds is 3. The molecular formula is C9H16N4O. The molecular weight excluding hydrogens is 180 g/mol. The predicted octanol–water partition coefficient (Wildman–Crippen LogP) is -0.622. The van der Waals surface area contributed by atoms with E-state index in [4.69, 9.17) is 5.73 Å². The van der Waals surface area contributed by atoms with E-state index in [0.29, 0.717) is 6.42 Å². The summed E-state index contributed by atoms with van der Waals surface area (Å²) >= 11 is 0. The number of nitrogens with two attached hydrogens (primary N) is 1. The van der Waals surface area contributed by atoms with Crippen LogP contribution in [0.4, 0.5) is 0 Å². The van der Waals surface area contributed by atoms with Crippen LogP contribution in [0.25, 0.3) is 0 Å². The maximum absolute atomic E-state index is 11.4. The van der Waals surface area contributed by atoms with Crippen molar-refractivity contribution in [3.63, 3.8) is 0 Å². The molecule has 0 aliphatic carbocycles. The van der Waals surface area contributed by atoms with E-state index in [2.05, 4.69) is 4.98 Å². The van der Waals surface area contributed by atoms with Gasteiger partial charge in [0.2, 0.25) is 5.91 Å². The van der Waals surface area contributed by atoms with Crippen LogP contribution >= 0.6 is 0 Å². The molecule has 5 heteroatoms. The van der Waals surface area contributed by atoms with Crippen LogP contribution in [-0.2, 0) is 18.3 Å². The molecule has 1 amide bonds. The Morgan fingerprint density at radius 1 is 1.71 bits per heavy atom. The van der Waals surface area contributed by atoms with Crippen molar-refractivity contribution in [2.45, 2.75) is 12.5 Å². The molecule has 1 atom stereocenters. The molecule has 14 heavy (non-hydrogen) atoms. The molecule has 0 fully saturated rings. The Hall–Kier alpha value is -1.36. The molecule has 0 aliphatic rings. The van der Waals surface area contributed by atoms with Gasteiger partial charge in [0, 0.05) is 33.8 Å². The van der Waals surface area contributed by atoms with Crippen LogP contribution in [0.5, 0.6) is 0 Å².